The van der Waals surface area contributed by atoms with Crippen molar-refractivity contribution < 1.29 is 0 Å². The molecule has 6 nitrogen and oxygen atoms in total. The van der Waals surface area contributed by atoms with E-state index in [9.17, 15) is 4.79 Å². The van der Waals surface area contributed by atoms with Crippen molar-refractivity contribution in [2.45, 2.75) is 64.0 Å². The lowest BCUT2D eigenvalue weighted by Crippen LogP contribution is -2.37. The molecule has 0 bridgehead atoms. The molecule has 1 fully saturated rings. The number of hydrogen-bond donors (Lipinski definition) is 1. The normalized spacial score (nSPS) is 20.2. The van der Waals surface area contributed by atoms with Gasteiger partial charge in [-0.15, -0.1) is 11.3 Å². The van der Waals surface area contributed by atoms with Gasteiger partial charge in [-0.05, 0) is 50.1 Å². The van der Waals surface area contributed by atoms with Crippen LogP contribution in [0, 0.1) is 5.92 Å². The maximum Gasteiger partial charge on any atom is 0.262 e. The molecule has 1 saturated carbocycles. The maximum absolute atomic E-state index is 13.2. The maximum atomic E-state index is 13.2. The summed E-state index contributed by atoms with van der Waals surface area (Å²) in [6.45, 7) is 1.67. The minimum Gasteiger partial charge on any atom is -0.313 e. The van der Waals surface area contributed by atoms with Crippen molar-refractivity contribution in [3.63, 3.8) is 0 Å². The van der Waals surface area contributed by atoms with E-state index in [2.05, 4.69) is 15.4 Å². The number of rotatable bonds is 5. The quantitative estimate of drug-likeness (QED) is 0.700. The number of hydrogen-bond acceptors (Lipinski definition) is 5. The van der Waals surface area contributed by atoms with Gasteiger partial charge in [-0.25, -0.2) is 4.98 Å². The highest BCUT2D eigenvalue weighted by Gasteiger charge is 2.26. The van der Waals surface area contributed by atoms with Crippen molar-refractivity contribution in [2.24, 2.45) is 13.0 Å². The van der Waals surface area contributed by atoms with Crippen LogP contribution in [0.15, 0.2) is 23.5 Å². The van der Waals surface area contributed by atoms with Crippen LogP contribution in [-0.2, 0) is 26.4 Å². The van der Waals surface area contributed by atoms with Gasteiger partial charge in [0.15, 0.2) is 0 Å². The van der Waals surface area contributed by atoms with E-state index < -0.39 is 0 Å². The molecule has 0 radical (unpaired) electrons. The van der Waals surface area contributed by atoms with Gasteiger partial charge < -0.3 is 5.32 Å². The summed E-state index contributed by atoms with van der Waals surface area (Å²) in [6, 6.07) is 0.537. The van der Waals surface area contributed by atoms with Gasteiger partial charge in [-0.3, -0.25) is 14.0 Å². The van der Waals surface area contributed by atoms with E-state index in [0.29, 0.717) is 12.6 Å². The first-order chi connectivity index (χ1) is 14.2. The summed E-state index contributed by atoms with van der Waals surface area (Å²) in [5.74, 6) is 0.855. The predicted molar refractivity (Wildman–Crippen MR) is 117 cm³/mol. The smallest absolute Gasteiger partial charge is 0.262 e. The van der Waals surface area contributed by atoms with Crippen molar-refractivity contribution in [1.82, 2.24) is 24.6 Å². The third-order valence-electron chi connectivity index (χ3n) is 6.57. The Labute approximate surface area is 175 Å². The number of nitrogens with zero attached hydrogens (tertiary/aromatic N) is 4. The van der Waals surface area contributed by atoms with E-state index in [1.165, 1.54) is 42.5 Å². The highest BCUT2D eigenvalue weighted by atomic mass is 32.1. The van der Waals surface area contributed by atoms with Crippen LogP contribution < -0.4 is 10.9 Å². The Morgan fingerprint density at radius 1 is 1.24 bits per heavy atom. The van der Waals surface area contributed by atoms with Crippen molar-refractivity contribution in [3.8, 4) is 0 Å². The van der Waals surface area contributed by atoms with Crippen molar-refractivity contribution in [1.29, 1.82) is 0 Å². The Bertz CT molecular complexity index is 1060. The lowest BCUT2D eigenvalue weighted by molar-refractivity contribution is 0.319. The minimum atomic E-state index is 0.0879. The zero-order valence-electron chi connectivity index (χ0n) is 17.1. The monoisotopic (exact) mass is 411 g/mol. The lowest BCUT2D eigenvalue weighted by Gasteiger charge is -2.27. The Hall–Kier alpha value is -1.99. The van der Waals surface area contributed by atoms with Crippen molar-refractivity contribution in [3.05, 3.63) is 45.1 Å². The average molecular weight is 412 g/mol. The molecule has 7 heteroatoms. The SMILES string of the molecule is Cn1cc(Cn2cnc3sc4c(c3c2=O)CCC(NCC2CCCCC2)C4)cn1. The zero-order chi connectivity index (χ0) is 19.8. The highest BCUT2D eigenvalue weighted by molar-refractivity contribution is 7.18. The average Bonchev–Trinajstić information content (AvgIpc) is 3.32. The van der Waals surface area contributed by atoms with Gasteiger partial charge in [0.25, 0.3) is 5.56 Å². The fourth-order valence-corrected chi connectivity index (χ4v) is 6.22. The topological polar surface area (TPSA) is 64.7 Å². The Morgan fingerprint density at radius 3 is 2.90 bits per heavy atom. The largest absolute Gasteiger partial charge is 0.313 e. The van der Waals surface area contributed by atoms with Gasteiger partial charge in [0.2, 0.25) is 0 Å². The first kappa shape index (κ1) is 19.0. The molecule has 0 spiro atoms. The Morgan fingerprint density at radius 2 is 2.10 bits per heavy atom. The van der Waals surface area contributed by atoms with Gasteiger partial charge >= 0.3 is 0 Å². The molecule has 2 aliphatic rings. The number of aromatic nitrogens is 4. The number of fused-ring (bicyclic) bond motifs is 3. The molecule has 0 amide bonds. The lowest BCUT2D eigenvalue weighted by atomic mass is 9.88. The van der Waals surface area contributed by atoms with Crippen LogP contribution in [0.4, 0.5) is 0 Å². The molecule has 5 rings (SSSR count). The van der Waals surface area contributed by atoms with Gasteiger partial charge in [-0.1, -0.05) is 19.3 Å². The summed E-state index contributed by atoms with van der Waals surface area (Å²) in [5, 5.41) is 8.88. The Kier molecular flexibility index (Phi) is 5.26. The molecule has 3 aromatic heterocycles. The molecule has 1 unspecified atom stereocenters. The van der Waals surface area contributed by atoms with Crippen molar-refractivity contribution in [2.75, 3.05) is 6.54 Å². The Balaban J connectivity index is 1.34. The molecule has 1 N–H and O–H groups in total. The molecular formula is C22H29N5OS. The fourth-order valence-electron chi connectivity index (χ4n) is 4.96. The highest BCUT2D eigenvalue weighted by Crippen LogP contribution is 2.34. The second-order valence-corrected chi connectivity index (χ2v) is 9.82. The summed E-state index contributed by atoms with van der Waals surface area (Å²) in [6.07, 6.45) is 15.5. The molecule has 0 aliphatic heterocycles. The molecule has 1 atom stereocenters. The number of nitrogens with one attached hydrogen (secondary N) is 1. The second-order valence-electron chi connectivity index (χ2n) is 8.74. The first-order valence-corrected chi connectivity index (χ1v) is 11.7. The number of thiophene rings is 1. The van der Waals surface area contributed by atoms with Gasteiger partial charge in [0.05, 0.1) is 24.5 Å². The van der Waals surface area contributed by atoms with Crippen LogP contribution in [0.5, 0.6) is 0 Å². The van der Waals surface area contributed by atoms with Crippen LogP contribution >= 0.6 is 11.3 Å². The third-order valence-corrected chi connectivity index (χ3v) is 7.73. The first-order valence-electron chi connectivity index (χ1n) is 10.9. The molecule has 2 aliphatic carbocycles. The molecule has 3 aromatic rings. The van der Waals surface area contributed by atoms with E-state index >= 15 is 0 Å². The number of aryl methyl sites for hydroxylation is 2. The molecule has 3 heterocycles. The van der Waals surface area contributed by atoms with Crippen LogP contribution in [0.3, 0.4) is 0 Å². The summed E-state index contributed by atoms with van der Waals surface area (Å²) in [7, 11) is 1.89. The van der Waals surface area contributed by atoms with Gasteiger partial charge in [0.1, 0.15) is 4.83 Å². The van der Waals surface area contributed by atoms with Crippen LogP contribution in [0.1, 0.15) is 54.5 Å². The molecule has 29 heavy (non-hydrogen) atoms. The van der Waals surface area contributed by atoms with Crippen LogP contribution in [0.25, 0.3) is 10.2 Å². The van der Waals surface area contributed by atoms with E-state index in [-0.39, 0.29) is 5.56 Å². The molecule has 0 aromatic carbocycles. The third kappa shape index (κ3) is 3.90. The predicted octanol–water partition coefficient (Wildman–Crippen LogP) is 3.27. The summed E-state index contributed by atoms with van der Waals surface area (Å²) in [4.78, 5) is 20.1. The molecule has 154 valence electrons. The van der Waals surface area contributed by atoms with Gasteiger partial charge in [-0.2, -0.15) is 5.10 Å². The summed E-state index contributed by atoms with van der Waals surface area (Å²) < 4.78 is 3.49. The molecule has 0 saturated heterocycles. The standard InChI is InChI=1S/C22H29N5OS/c1-26-12-16(11-25-26)13-27-14-24-21-20(22(27)28)18-8-7-17(9-19(18)29-21)23-10-15-5-3-2-4-6-15/h11-12,14-15,17,23H,2-10,13H2,1H3. The van der Waals surface area contributed by atoms with E-state index in [1.807, 2.05) is 19.4 Å². The zero-order valence-corrected chi connectivity index (χ0v) is 17.9. The van der Waals surface area contributed by atoms with E-state index in [0.717, 1.165) is 47.5 Å². The van der Waals surface area contributed by atoms with Crippen molar-refractivity contribution >= 4 is 21.6 Å². The van der Waals surface area contributed by atoms with Crippen LogP contribution in [0.2, 0.25) is 0 Å². The van der Waals surface area contributed by atoms with Gasteiger partial charge in [0, 0.05) is 29.7 Å². The van der Waals surface area contributed by atoms with E-state index in [4.69, 9.17) is 0 Å². The minimum absolute atomic E-state index is 0.0879. The van der Waals surface area contributed by atoms with E-state index in [1.54, 1.807) is 26.9 Å². The van der Waals surface area contributed by atoms with Crippen LogP contribution in [-0.4, -0.2) is 31.9 Å². The second kappa shape index (κ2) is 8.03. The molecular weight excluding hydrogens is 382 g/mol. The summed E-state index contributed by atoms with van der Waals surface area (Å²) >= 11 is 1.72. The fraction of sp³-hybridized carbons (Fsp3) is 0.591. The summed E-state index contributed by atoms with van der Waals surface area (Å²) in [5.41, 5.74) is 2.36.